The second kappa shape index (κ2) is 5.61. The number of halogens is 1. The van der Waals surface area contributed by atoms with Crippen LogP contribution in [0, 0.1) is 0 Å². The molecule has 1 unspecified atom stereocenters. The number of hydrogen-bond donors (Lipinski definition) is 2. The van der Waals surface area contributed by atoms with Crippen molar-refractivity contribution in [1.82, 2.24) is 0 Å². The molecule has 0 aliphatic carbocycles. The maximum atomic E-state index is 9.40. The number of aryl methyl sites for hydroxylation is 1. The molecule has 1 aliphatic rings. The van der Waals surface area contributed by atoms with E-state index in [9.17, 15) is 5.11 Å². The van der Waals surface area contributed by atoms with Gasteiger partial charge in [0.15, 0.2) is 0 Å². The Kier molecular flexibility index (Phi) is 4.13. The van der Waals surface area contributed by atoms with Gasteiger partial charge in [-0.1, -0.05) is 6.07 Å². The average molecular weight is 255 g/mol. The van der Waals surface area contributed by atoms with Crippen molar-refractivity contribution in [2.45, 2.75) is 18.9 Å². The molecule has 0 aromatic heterocycles. The minimum absolute atomic E-state index is 0.262. The number of aliphatic hydroxyl groups excluding tert-OH is 1. The zero-order chi connectivity index (χ0) is 12.3. The summed E-state index contributed by atoms with van der Waals surface area (Å²) in [5, 5.41) is 12.6. The van der Waals surface area contributed by atoms with Gasteiger partial charge in [0.1, 0.15) is 0 Å². The van der Waals surface area contributed by atoms with Crippen molar-refractivity contribution in [3.8, 4) is 0 Å². The fraction of sp³-hybridized carbons (Fsp3) is 0.538. The third kappa shape index (κ3) is 3.05. The van der Waals surface area contributed by atoms with Crippen molar-refractivity contribution >= 4 is 23.0 Å². The highest BCUT2D eigenvalue weighted by atomic mass is 35.5. The summed E-state index contributed by atoms with van der Waals surface area (Å²) in [6.07, 6.45) is 1.89. The standard InChI is InChI=1S/C13H19ClN2O/c1-16-6-2-3-10-4-5-11(7-13(10)16)15-9-12(17)8-14/h4-5,7,12,15,17H,2-3,6,8-9H2,1H3. The summed E-state index contributed by atoms with van der Waals surface area (Å²) >= 11 is 5.56. The molecule has 0 spiro atoms. The number of benzene rings is 1. The molecule has 0 saturated carbocycles. The molecule has 0 fully saturated rings. The molecular formula is C13H19ClN2O. The number of rotatable bonds is 4. The Morgan fingerprint density at radius 2 is 2.35 bits per heavy atom. The highest BCUT2D eigenvalue weighted by molar-refractivity contribution is 6.18. The lowest BCUT2D eigenvalue weighted by atomic mass is 10.0. The molecule has 2 N–H and O–H groups in total. The van der Waals surface area contributed by atoms with E-state index in [2.05, 4.69) is 35.5 Å². The maximum absolute atomic E-state index is 9.40. The van der Waals surface area contributed by atoms with Crippen molar-refractivity contribution in [2.24, 2.45) is 0 Å². The van der Waals surface area contributed by atoms with E-state index in [4.69, 9.17) is 11.6 Å². The number of alkyl halides is 1. The van der Waals surface area contributed by atoms with Gasteiger partial charge >= 0.3 is 0 Å². The van der Waals surface area contributed by atoms with Crippen LogP contribution in [0.4, 0.5) is 11.4 Å². The first-order chi connectivity index (χ1) is 8.20. The molecule has 1 aromatic carbocycles. The lowest BCUT2D eigenvalue weighted by molar-refractivity contribution is 0.211. The summed E-state index contributed by atoms with van der Waals surface area (Å²) in [5.41, 5.74) is 3.74. The van der Waals surface area contributed by atoms with Gasteiger partial charge in [0.25, 0.3) is 0 Å². The second-order valence-corrected chi connectivity index (χ2v) is 4.87. The SMILES string of the molecule is CN1CCCc2ccc(NCC(O)CCl)cc21. The number of aliphatic hydroxyl groups is 1. The molecule has 0 amide bonds. The van der Waals surface area contributed by atoms with Gasteiger partial charge in [-0.3, -0.25) is 0 Å². The molecule has 2 rings (SSSR count). The van der Waals surface area contributed by atoms with Crippen LogP contribution in [0.25, 0.3) is 0 Å². The summed E-state index contributed by atoms with van der Waals surface area (Å²) in [5.74, 6) is 0.262. The number of fused-ring (bicyclic) bond motifs is 1. The molecule has 94 valence electrons. The number of nitrogens with one attached hydrogen (secondary N) is 1. The minimum atomic E-state index is -0.495. The van der Waals surface area contributed by atoms with Crippen LogP contribution in [0.15, 0.2) is 18.2 Å². The van der Waals surface area contributed by atoms with E-state index < -0.39 is 6.10 Å². The van der Waals surface area contributed by atoms with Crippen LogP contribution in [0.2, 0.25) is 0 Å². The number of anilines is 2. The molecular weight excluding hydrogens is 236 g/mol. The van der Waals surface area contributed by atoms with E-state index >= 15 is 0 Å². The lowest BCUT2D eigenvalue weighted by Gasteiger charge is -2.28. The Hall–Kier alpha value is -0.930. The highest BCUT2D eigenvalue weighted by Crippen LogP contribution is 2.28. The van der Waals surface area contributed by atoms with Crippen LogP contribution < -0.4 is 10.2 Å². The van der Waals surface area contributed by atoms with Gasteiger partial charge < -0.3 is 15.3 Å². The van der Waals surface area contributed by atoms with Crippen LogP contribution in [-0.4, -0.2) is 37.2 Å². The third-order valence-corrected chi connectivity index (χ3v) is 3.51. The van der Waals surface area contributed by atoms with Gasteiger partial charge in [-0.15, -0.1) is 11.6 Å². The number of nitrogens with zero attached hydrogens (tertiary/aromatic N) is 1. The van der Waals surface area contributed by atoms with E-state index in [-0.39, 0.29) is 5.88 Å². The van der Waals surface area contributed by atoms with Crippen molar-refractivity contribution in [2.75, 3.05) is 36.2 Å². The zero-order valence-electron chi connectivity index (χ0n) is 10.1. The van der Waals surface area contributed by atoms with E-state index in [1.54, 1.807) is 0 Å². The molecule has 0 radical (unpaired) electrons. The summed E-state index contributed by atoms with van der Waals surface area (Å²) < 4.78 is 0. The van der Waals surface area contributed by atoms with Crippen LogP contribution >= 0.6 is 11.6 Å². The summed E-state index contributed by atoms with van der Waals surface area (Å²) in [6, 6.07) is 6.38. The van der Waals surface area contributed by atoms with Gasteiger partial charge in [-0.2, -0.15) is 0 Å². The topological polar surface area (TPSA) is 35.5 Å². The van der Waals surface area contributed by atoms with Crippen molar-refractivity contribution < 1.29 is 5.11 Å². The van der Waals surface area contributed by atoms with Crippen LogP contribution in [-0.2, 0) is 6.42 Å². The Balaban J connectivity index is 2.07. The predicted octanol–water partition coefficient (Wildman–Crippen LogP) is 2.08. The van der Waals surface area contributed by atoms with Crippen molar-refractivity contribution in [3.63, 3.8) is 0 Å². The van der Waals surface area contributed by atoms with Crippen LogP contribution in [0.3, 0.4) is 0 Å². The largest absolute Gasteiger partial charge is 0.390 e. The minimum Gasteiger partial charge on any atom is -0.390 e. The van der Waals surface area contributed by atoms with E-state index in [1.165, 1.54) is 17.7 Å². The molecule has 1 aromatic rings. The third-order valence-electron chi connectivity index (χ3n) is 3.16. The molecule has 17 heavy (non-hydrogen) atoms. The second-order valence-electron chi connectivity index (χ2n) is 4.56. The van der Waals surface area contributed by atoms with Gasteiger partial charge in [-0.25, -0.2) is 0 Å². The Morgan fingerprint density at radius 3 is 3.12 bits per heavy atom. The quantitative estimate of drug-likeness (QED) is 0.808. The van der Waals surface area contributed by atoms with Crippen molar-refractivity contribution in [3.05, 3.63) is 23.8 Å². The van der Waals surface area contributed by atoms with Gasteiger partial charge in [0.05, 0.1) is 12.0 Å². The monoisotopic (exact) mass is 254 g/mol. The van der Waals surface area contributed by atoms with E-state index in [0.717, 1.165) is 18.7 Å². The van der Waals surface area contributed by atoms with Gasteiger partial charge in [0, 0.05) is 31.5 Å². The van der Waals surface area contributed by atoms with E-state index in [0.29, 0.717) is 6.54 Å². The molecule has 3 nitrogen and oxygen atoms in total. The smallest absolute Gasteiger partial charge is 0.0847 e. The van der Waals surface area contributed by atoms with Crippen LogP contribution in [0.1, 0.15) is 12.0 Å². The summed E-state index contributed by atoms with van der Waals surface area (Å²) in [6.45, 7) is 1.60. The molecule has 4 heteroatoms. The van der Waals surface area contributed by atoms with E-state index in [1.807, 2.05) is 0 Å². The molecule has 1 heterocycles. The summed E-state index contributed by atoms with van der Waals surface area (Å²) in [7, 11) is 2.12. The fourth-order valence-electron chi connectivity index (χ4n) is 2.16. The van der Waals surface area contributed by atoms with Crippen molar-refractivity contribution in [1.29, 1.82) is 0 Å². The predicted molar refractivity (Wildman–Crippen MR) is 73.2 cm³/mol. The summed E-state index contributed by atoms with van der Waals surface area (Å²) in [4.78, 5) is 2.28. The Labute approximate surface area is 107 Å². The first-order valence-electron chi connectivity index (χ1n) is 6.02. The first-order valence-corrected chi connectivity index (χ1v) is 6.56. The molecule has 1 aliphatic heterocycles. The lowest BCUT2D eigenvalue weighted by Crippen LogP contribution is -2.25. The average Bonchev–Trinajstić information content (AvgIpc) is 2.36. The Morgan fingerprint density at radius 1 is 1.53 bits per heavy atom. The Bertz CT molecular complexity index is 384. The van der Waals surface area contributed by atoms with Gasteiger partial charge in [0.2, 0.25) is 0 Å². The maximum Gasteiger partial charge on any atom is 0.0847 e. The van der Waals surface area contributed by atoms with Gasteiger partial charge in [-0.05, 0) is 30.5 Å². The molecule has 0 saturated heterocycles. The highest BCUT2D eigenvalue weighted by Gasteiger charge is 2.13. The number of hydrogen-bond acceptors (Lipinski definition) is 3. The zero-order valence-corrected chi connectivity index (χ0v) is 10.9. The molecule has 1 atom stereocenters. The fourth-order valence-corrected chi connectivity index (χ4v) is 2.27. The first kappa shape index (κ1) is 12.5. The normalized spacial score (nSPS) is 16.5. The van der Waals surface area contributed by atoms with Crippen LogP contribution in [0.5, 0.6) is 0 Å². The molecule has 0 bridgehead atoms.